The number of carbonyl (C=O) groups is 1. The summed E-state index contributed by atoms with van der Waals surface area (Å²) in [5, 5.41) is 0. The number of benzene rings is 2. The quantitative estimate of drug-likeness (QED) is 0.700. The summed E-state index contributed by atoms with van der Waals surface area (Å²) in [4.78, 5) is 14.3. The summed E-state index contributed by atoms with van der Waals surface area (Å²) in [6.07, 6.45) is 0.951. The number of ether oxygens (including phenoxy) is 1. The van der Waals surface area contributed by atoms with E-state index in [2.05, 4.69) is 4.74 Å². The van der Waals surface area contributed by atoms with Crippen LogP contribution in [0.3, 0.4) is 0 Å². The van der Waals surface area contributed by atoms with Gasteiger partial charge in [-0.3, -0.25) is 4.79 Å². The zero-order valence-corrected chi connectivity index (χ0v) is 14.5. The van der Waals surface area contributed by atoms with E-state index >= 15 is 0 Å². The highest BCUT2D eigenvalue weighted by Crippen LogP contribution is 2.17. The molecule has 0 atom stereocenters. The summed E-state index contributed by atoms with van der Waals surface area (Å²) < 4.78 is 28.6. The molecule has 0 aromatic heterocycles. The molecule has 0 aliphatic heterocycles. The maximum absolute atomic E-state index is 12.5. The third kappa shape index (κ3) is 5.85. The minimum absolute atomic E-state index is 0.0821. The lowest BCUT2D eigenvalue weighted by Gasteiger charge is -2.22. The van der Waals surface area contributed by atoms with E-state index in [0.29, 0.717) is 25.9 Å². The highest BCUT2D eigenvalue weighted by atomic mass is 19.3. The Morgan fingerprint density at radius 3 is 2.40 bits per heavy atom. The molecular formula is C20H23F2NO2. The highest BCUT2D eigenvalue weighted by Gasteiger charge is 2.13. The van der Waals surface area contributed by atoms with Crippen LogP contribution in [0.15, 0.2) is 48.5 Å². The summed E-state index contributed by atoms with van der Waals surface area (Å²) in [5.74, 6) is 0.207. The van der Waals surface area contributed by atoms with Crippen molar-refractivity contribution in [1.82, 2.24) is 4.90 Å². The Morgan fingerprint density at radius 2 is 1.80 bits per heavy atom. The lowest BCUT2D eigenvalue weighted by molar-refractivity contribution is -0.131. The first kappa shape index (κ1) is 18.9. The predicted molar refractivity (Wildman–Crippen MR) is 93.7 cm³/mol. The van der Waals surface area contributed by atoms with Crippen LogP contribution in [0, 0.1) is 6.92 Å². The van der Waals surface area contributed by atoms with Gasteiger partial charge in [0.25, 0.3) is 0 Å². The first-order valence-electron chi connectivity index (χ1n) is 8.35. The number of halogens is 2. The van der Waals surface area contributed by atoms with Crippen LogP contribution in [0.5, 0.6) is 5.75 Å². The molecule has 5 heteroatoms. The van der Waals surface area contributed by atoms with Crippen molar-refractivity contribution in [3.63, 3.8) is 0 Å². The van der Waals surface area contributed by atoms with Crippen molar-refractivity contribution in [2.45, 2.75) is 39.8 Å². The van der Waals surface area contributed by atoms with Gasteiger partial charge in [0.1, 0.15) is 5.75 Å². The fourth-order valence-electron chi connectivity index (χ4n) is 2.62. The van der Waals surface area contributed by atoms with Gasteiger partial charge in [-0.1, -0.05) is 36.4 Å². The normalized spacial score (nSPS) is 10.8. The molecule has 0 heterocycles. The number of rotatable bonds is 8. The monoisotopic (exact) mass is 347 g/mol. The molecule has 3 nitrogen and oxygen atoms in total. The Bertz CT molecular complexity index is 686. The van der Waals surface area contributed by atoms with Gasteiger partial charge < -0.3 is 9.64 Å². The maximum atomic E-state index is 12.5. The molecule has 2 aromatic carbocycles. The van der Waals surface area contributed by atoms with Gasteiger partial charge in [-0.15, -0.1) is 0 Å². The number of hydrogen-bond donors (Lipinski definition) is 0. The summed E-state index contributed by atoms with van der Waals surface area (Å²) >= 11 is 0. The molecule has 0 saturated heterocycles. The van der Waals surface area contributed by atoms with E-state index in [0.717, 1.165) is 11.1 Å². The molecule has 25 heavy (non-hydrogen) atoms. The Morgan fingerprint density at radius 1 is 1.12 bits per heavy atom. The number of amides is 1. The molecule has 0 radical (unpaired) electrons. The van der Waals surface area contributed by atoms with Crippen molar-refractivity contribution in [3.8, 4) is 5.75 Å². The van der Waals surface area contributed by atoms with E-state index in [1.54, 1.807) is 12.1 Å². The highest BCUT2D eigenvalue weighted by molar-refractivity contribution is 5.76. The second-order valence-corrected chi connectivity index (χ2v) is 5.86. The number of hydrogen-bond acceptors (Lipinski definition) is 2. The Kier molecular flexibility index (Phi) is 6.92. The second-order valence-electron chi connectivity index (χ2n) is 5.86. The van der Waals surface area contributed by atoms with Crippen molar-refractivity contribution in [2.75, 3.05) is 6.54 Å². The lowest BCUT2D eigenvalue weighted by Crippen LogP contribution is -2.30. The maximum Gasteiger partial charge on any atom is 0.387 e. The largest absolute Gasteiger partial charge is 0.435 e. The van der Waals surface area contributed by atoms with Gasteiger partial charge in [0.05, 0.1) is 0 Å². The van der Waals surface area contributed by atoms with Gasteiger partial charge in [-0.2, -0.15) is 8.78 Å². The van der Waals surface area contributed by atoms with Gasteiger partial charge in [0.2, 0.25) is 5.91 Å². The molecule has 0 saturated carbocycles. The van der Waals surface area contributed by atoms with Crippen LogP contribution in [0.25, 0.3) is 0 Å². The van der Waals surface area contributed by atoms with Gasteiger partial charge in [-0.25, -0.2) is 0 Å². The summed E-state index contributed by atoms with van der Waals surface area (Å²) in [6.45, 7) is 2.42. The smallest absolute Gasteiger partial charge is 0.387 e. The van der Waals surface area contributed by atoms with E-state index in [-0.39, 0.29) is 11.7 Å². The van der Waals surface area contributed by atoms with Crippen molar-refractivity contribution in [3.05, 3.63) is 65.2 Å². The summed E-state index contributed by atoms with van der Waals surface area (Å²) in [7, 11) is 0. The van der Waals surface area contributed by atoms with Gasteiger partial charge >= 0.3 is 6.61 Å². The molecule has 1 amide bonds. The molecule has 0 unspecified atom stereocenters. The third-order valence-corrected chi connectivity index (χ3v) is 4.13. The topological polar surface area (TPSA) is 29.5 Å². The Hall–Kier alpha value is -2.43. The van der Waals surface area contributed by atoms with Crippen LogP contribution in [0.4, 0.5) is 8.78 Å². The fourth-order valence-corrected chi connectivity index (χ4v) is 2.62. The van der Waals surface area contributed by atoms with E-state index in [4.69, 9.17) is 0 Å². The lowest BCUT2D eigenvalue weighted by atomic mass is 10.1. The van der Waals surface area contributed by atoms with E-state index < -0.39 is 6.61 Å². The molecule has 0 spiro atoms. The molecule has 0 bridgehead atoms. The van der Waals surface area contributed by atoms with E-state index in [1.807, 2.05) is 43.0 Å². The minimum Gasteiger partial charge on any atom is -0.435 e. The standard InChI is InChI=1S/C20H23F2NO2/c1-3-23(14-17-7-5-4-6-15(17)2)19(24)13-10-16-8-11-18(12-9-16)25-20(21)22/h4-9,11-12,20H,3,10,13-14H2,1-2H3. The van der Waals surface area contributed by atoms with Crippen LogP contribution in [0.1, 0.15) is 30.0 Å². The van der Waals surface area contributed by atoms with Crippen molar-refractivity contribution < 1.29 is 18.3 Å². The van der Waals surface area contributed by atoms with Crippen molar-refractivity contribution in [2.24, 2.45) is 0 Å². The first-order chi connectivity index (χ1) is 12.0. The van der Waals surface area contributed by atoms with Crippen LogP contribution in [0.2, 0.25) is 0 Å². The van der Waals surface area contributed by atoms with Crippen LogP contribution in [-0.4, -0.2) is 24.0 Å². The van der Waals surface area contributed by atoms with Crippen LogP contribution < -0.4 is 4.74 Å². The average Bonchev–Trinajstić information content (AvgIpc) is 2.59. The molecule has 0 aliphatic carbocycles. The molecule has 0 fully saturated rings. The Labute approximate surface area is 147 Å². The number of aryl methyl sites for hydroxylation is 2. The number of carbonyl (C=O) groups excluding carboxylic acids is 1. The minimum atomic E-state index is -2.83. The Balaban J connectivity index is 1.90. The zero-order valence-electron chi connectivity index (χ0n) is 14.5. The molecule has 0 N–H and O–H groups in total. The second kappa shape index (κ2) is 9.16. The van der Waals surface area contributed by atoms with Crippen LogP contribution >= 0.6 is 0 Å². The van der Waals surface area contributed by atoms with E-state index in [1.165, 1.54) is 17.7 Å². The average molecular weight is 347 g/mol. The molecule has 2 rings (SSSR count). The van der Waals surface area contributed by atoms with Gasteiger partial charge in [0.15, 0.2) is 0 Å². The fraction of sp³-hybridized carbons (Fsp3) is 0.350. The summed E-state index contributed by atoms with van der Waals surface area (Å²) in [6, 6.07) is 14.4. The van der Waals surface area contributed by atoms with Crippen molar-refractivity contribution >= 4 is 5.91 Å². The predicted octanol–water partition coefficient (Wildman–Crippen LogP) is 4.58. The van der Waals surface area contributed by atoms with Gasteiger partial charge in [0, 0.05) is 19.5 Å². The van der Waals surface area contributed by atoms with Crippen molar-refractivity contribution in [1.29, 1.82) is 0 Å². The molecule has 134 valence electrons. The number of nitrogens with zero attached hydrogens (tertiary/aromatic N) is 1. The first-order valence-corrected chi connectivity index (χ1v) is 8.35. The molecule has 0 aliphatic rings. The summed E-state index contributed by atoms with van der Waals surface area (Å²) in [5.41, 5.74) is 3.23. The molecular weight excluding hydrogens is 324 g/mol. The number of alkyl halides is 2. The molecule has 2 aromatic rings. The third-order valence-electron chi connectivity index (χ3n) is 4.13. The zero-order chi connectivity index (χ0) is 18.2. The van der Waals surface area contributed by atoms with Gasteiger partial charge in [-0.05, 0) is 49.1 Å². The van der Waals surface area contributed by atoms with E-state index in [9.17, 15) is 13.6 Å². The SMILES string of the molecule is CCN(Cc1ccccc1C)C(=O)CCc1ccc(OC(F)F)cc1. The van der Waals surface area contributed by atoms with Crippen LogP contribution in [-0.2, 0) is 17.8 Å².